The average Bonchev–Trinajstić information content (AvgIpc) is 3.09. The predicted octanol–water partition coefficient (Wildman–Crippen LogP) is 4.43. The summed E-state index contributed by atoms with van der Waals surface area (Å²) >= 11 is 1.60. The topological polar surface area (TPSA) is 53.6 Å². The Kier molecular flexibility index (Phi) is 2.90. The first-order valence-electron chi connectivity index (χ1n) is 6.62. The number of nitrogens with one attached hydrogen (secondary N) is 2. The van der Waals surface area contributed by atoms with Crippen molar-refractivity contribution in [1.29, 1.82) is 0 Å². The second-order valence-electron chi connectivity index (χ2n) is 4.63. The Hall–Kier alpha value is -2.66. The molecule has 0 unspecified atom stereocenters. The van der Waals surface area contributed by atoms with Crippen molar-refractivity contribution < 1.29 is 0 Å². The molecular weight excluding hydrogens is 280 g/mol. The number of para-hydroxylation sites is 1. The van der Waals surface area contributed by atoms with E-state index in [9.17, 15) is 0 Å². The summed E-state index contributed by atoms with van der Waals surface area (Å²) in [6.45, 7) is 0. The van der Waals surface area contributed by atoms with Crippen LogP contribution in [0.3, 0.4) is 0 Å². The fraction of sp³-hybridized carbons (Fsp3) is 0. The van der Waals surface area contributed by atoms with Gasteiger partial charge in [0.25, 0.3) is 0 Å². The maximum absolute atomic E-state index is 4.52. The van der Waals surface area contributed by atoms with Gasteiger partial charge in [0.15, 0.2) is 10.8 Å². The van der Waals surface area contributed by atoms with Crippen LogP contribution in [0.15, 0.2) is 60.7 Å². The summed E-state index contributed by atoms with van der Waals surface area (Å²) in [6, 6.07) is 20.2. The van der Waals surface area contributed by atoms with E-state index in [-0.39, 0.29) is 0 Å². The van der Waals surface area contributed by atoms with Crippen LogP contribution in [0.25, 0.3) is 21.6 Å². The molecule has 0 radical (unpaired) electrons. The highest BCUT2D eigenvalue weighted by molar-refractivity contribution is 7.22. The zero-order valence-corrected chi connectivity index (χ0v) is 11.9. The molecule has 2 heterocycles. The molecular formula is C16H12N4S. The smallest absolute Gasteiger partial charge is 0.194 e. The molecule has 0 spiro atoms. The van der Waals surface area contributed by atoms with E-state index in [1.54, 1.807) is 11.3 Å². The lowest BCUT2D eigenvalue weighted by atomic mass is 10.2. The lowest BCUT2D eigenvalue weighted by molar-refractivity contribution is 1.10. The molecule has 0 atom stereocenters. The van der Waals surface area contributed by atoms with Crippen LogP contribution in [0.5, 0.6) is 0 Å². The molecule has 0 aliphatic heterocycles. The molecule has 21 heavy (non-hydrogen) atoms. The van der Waals surface area contributed by atoms with Gasteiger partial charge in [0.2, 0.25) is 0 Å². The second kappa shape index (κ2) is 5.03. The number of aromatic amines is 1. The molecule has 2 aromatic heterocycles. The predicted molar refractivity (Wildman–Crippen MR) is 86.9 cm³/mol. The van der Waals surface area contributed by atoms with E-state index in [0.717, 1.165) is 32.4 Å². The van der Waals surface area contributed by atoms with Crippen LogP contribution in [0.2, 0.25) is 0 Å². The maximum Gasteiger partial charge on any atom is 0.194 e. The van der Waals surface area contributed by atoms with E-state index in [0.29, 0.717) is 0 Å². The molecule has 102 valence electrons. The number of fused-ring (bicyclic) bond motifs is 1. The van der Waals surface area contributed by atoms with Gasteiger partial charge in [0, 0.05) is 11.3 Å². The van der Waals surface area contributed by atoms with Gasteiger partial charge >= 0.3 is 0 Å². The number of anilines is 2. The highest BCUT2D eigenvalue weighted by Crippen LogP contribution is 2.34. The maximum atomic E-state index is 4.52. The molecule has 4 aromatic rings. The Bertz CT molecular complexity index is 865. The molecule has 0 saturated carbocycles. The Labute approximate surface area is 125 Å². The largest absolute Gasteiger partial charge is 0.331 e. The van der Waals surface area contributed by atoms with Gasteiger partial charge in [-0.25, -0.2) is 0 Å². The fourth-order valence-corrected chi connectivity index (χ4v) is 3.15. The summed E-state index contributed by atoms with van der Waals surface area (Å²) in [7, 11) is 0. The first-order valence-corrected chi connectivity index (χ1v) is 7.44. The van der Waals surface area contributed by atoms with Crippen LogP contribution < -0.4 is 5.32 Å². The zero-order valence-electron chi connectivity index (χ0n) is 11.1. The van der Waals surface area contributed by atoms with Gasteiger partial charge in [-0.2, -0.15) is 10.1 Å². The summed E-state index contributed by atoms with van der Waals surface area (Å²) in [5.74, 6) is 0. The first-order chi connectivity index (χ1) is 10.4. The van der Waals surface area contributed by atoms with Crippen molar-refractivity contribution >= 4 is 32.5 Å². The van der Waals surface area contributed by atoms with Gasteiger partial charge in [0.05, 0.1) is 5.69 Å². The van der Waals surface area contributed by atoms with Crippen molar-refractivity contribution in [3.8, 4) is 11.3 Å². The lowest BCUT2D eigenvalue weighted by Gasteiger charge is -2.00. The Morgan fingerprint density at radius 1 is 0.905 bits per heavy atom. The van der Waals surface area contributed by atoms with Gasteiger partial charge in [-0.05, 0) is 12.1 Å². The average molecular weight is 292 g/mol. The minimum Gasteiger partial charge on any atom is -0.331 e. The fourth-order valence-electron chi connectivity index (χ4n) is 2.21. The van der Waals surface area contributed by atoms with E-state index in [1.165, 1.54) is 0 Å². The Morgan fingerprint density at radius 2 is 1.62 bits per heavy atom. The van der Waals surface area contributed by atoms with Crippen LogP contribution >= 0.6 is 11.3 Å². The minimum atomic E-state index is 0.747. The van der Waals surface area contributed by atoms with Crippen molar-refractivity contribution in [3.63, 3.8) is 0 Å². The zero-order chi connectivity index (χ0) is 14.1. The monoisotopic (exact) mass is 292 g/mol. The normalized spacial score (nSPS) is 10.9. The standard InChI is InChI=1S/C16H12N4S/c1-3-7-11(8-4-1)13-14-15(20-19-13)18-16(21-14)17-12-9-5-2-6-10-12/h1-10H,(H2,17,18,19,20). The third-order valence-corrected chi connectivity index (χ3v) is 4.17. The molecule has 0 saturated heterocycles. The quantitative estimate of drug-likeness (QED) is 0.587. The van der Waals surface area contributed by atoms with E-state index >= 15 is 0 Å². The molecule has 0 amide bonds. The summed E-state index contributed by atoms with van der Waals surface area (Å²) in [6.07, 6.45) is 0. The number of nitrogens with zero attached hydrogens (tertiary/aromatic N) is 2. The molecule has 4 nitrogen and oxygen atoms in total. The van der Waals surface area contributed by atoms with Gasteiger partial charge in [-0.15, -0.1) is 0 Å². The number of aromatic nitrogens is 3. The van der Waals surface area contributed by atoms with Crippen LogP contribution in [0, 0.1) is 0 Å². The molecule has 2 N–H and O–H groups in total. The number of benzene rings is 2. The SMILES string of the molecule is c1ccc(Nc2nc3n[nH]c(-c4ccccc4)c3s2)cc1. The molecule has 5 heteroatoms. The molecule has 0 aliphatic rings. The summed E-state index contributed by atoms with van der Waals surface area (Å²) < 4.78 is 1.07. The number of rotatable bonds is 3. The molecule has 0 bridgehead atoms. The summed E-state index contributed by atoms with van der Waals surface area (Å²) in [4.78, 5) is 4.52. The van der Waals surface area contributed by atoms with Crippen molar-refractivity contribution in [2.24, 2.45) is 0 Å². The third-order valence-electron chi connectivity index (χ3n) is 3.20. The highest BCUT2D eigenvalue weighted by Gasteiger charge is 2.13. The van der Waals surface area contributed by atoms with Gasteiger partial charge in [-0.1, -0.05) is 59.9 Å². The van der Waals surface area contributed by atoms with E-state index in [1.807, 2.05) is 48.5 Å². The number of thiazole rings is 1. The van der Waals surface area contributed by atoms with Gasteiger partial charge < -0.3 is 5.32 Å². The van der Waals surface area contributed by atoms with Crippen molar-refractivity contribution in [3.05, 3.63) is 60.7 Å². The molecule has 2 aromatic carbocycles. The van der Waals surface area contributed by atoms with E-state index in [2.05, 4.69) is 32.6 Å². The molecule has 0 fully saturated rings. The minimum absolute atomic E-state index is 0.747. The highest BCUT2D eigenvalue weighted by atomic mass is 32.1. The van der Waals surface area contributed by atoms with Gasteiger partial charge in [-0.3, -0.25) is 5.10 Å². The van der Waals surface area contributed by atoms with Crippen LogP contribution in [0.4, 0.5) is 10.8 Å². The number of hydrogen-bond donors (Lipinski definition) is 2. The van der Waals surface area contributed by atoms with Crippen LogP contribution in [0.1, 0.15) is 0 Å². The van der Waals surface area contributed by atoms with Crippen LogP contribution in [-0.2, 0) is 0 Å². The van der Waals surface area contributed by atoms with Crippen molar-refractivity contribution in [2.45, 2.75) is 0 Å². The second-order valence-corrected chi connectivity index (χ2v) is 5.63. The van der Waals surface area contributed by atoms with E-state index < -0.39 is 0 Å². The van der Waals surface area contributed by atoms with Gasteiger partial charge in [0.1, 0.15) is 4.70 Å². The first kappa shape index (κ1) is 12.1. The third kappa shape index (κ3) is 2.28. The molecule has 4 rings (SSSR count). The van der Waals surface area contributed by atoms with Crippen molar-refractivity contribution in [1.82, 2.24) is 15.2 Å². The number of hydrogen-bond acceptors (Lipinski definition) is 4. The Morgan fingerprint density at radius 3 is 2.38 bits per heavy atom. The molecule has 0 aliphatic carbocycles. The van der Waals surface area contributed by atoms with Crippen molar-refractivity contribution in [2.75, 3.05) is 5.32 Å². The van der Waals surface area contributed by atoms with E-state index in [4.69, 9.17) is 0 Å². The Balaban J connectivity index is 1.73. The lowest BCUT2D eigenvalue weighted by Crippen LogP contribution is -1.88. The van der Waals surface area contributed by atoms with Crippen LogP contribution in [-0.4, -0.2) is 15.2 Å². The number of H-pyrrole nitrogens is 1. The summed E-state index contributed by atoms with van der Waals surface area (Å²) in [5, 5.41) is 11.5. The summed E-state index contributed by atoms with van der Waals surface area (Å²) in [5.41, 5.74) is 3.91.